The summed E-state index contributed by atoms with van der Waals surface area (Å²) in [5.41, 5.74) is 9.27. The van der Waals surface area contributed by atoms with E-state index < -0.39 is 0 Å². The molecule has 0 aliphatic carbocycles. The fraction of sp³-hybridized carbons (Fsp3) is 0.125. The van der Waals surface area contributed by atoms with Crippen molar-refractivity contribution in [3.05, 3.63) is 78.3 Å². The molecule has 7 heteroatoms. The maximum atomic E-state index is 13.2. The van der Waals surface area contributed by atoms with Crippen LogP contribution in [0.2, 0.25) is 0 Å². The van der Waals surface area contributed by atoms with Crippen LogP contribution in [0.4, 0.5) is 15.8 Å². The molecule has 0 saturated carbocycles. The number of fused-ring (bicyclic) bond motifs is 1. The number of hydrogen-bond acceptors (Lipinski definition) is 4. The van der Waals surface area contributed by atoms with Crippen LogP contribution in [0.15, 0.2) is 80.4 Å². The molecule has 1 aliphatic rings. The van der Waals surface area contributed by atoms with Gasteiger partial charge in [-0.3, -0.25) is 9.16 Å². The SMILES string of the molecule is Nc1ccc(-c2ccc(F)cc2)cc1NC(=O)c1cc2cc(S3=NCCC3)ccc2o1. The Bertz CT molecular complexity index is 1330. The zero-order chi connectivity index (χ0) is 21.4. The normalized spacial score (nSPS) is 15.7. The van der Waals surface area contributed by atoms with E-state index >= 15 is 0 Å². The van der Waals surface area contributed by atoms with Crippen LogP contribution in [0, 0.1) is 5.82 Å². The van der Waals surface area contributed by atoms with Gasteiger partial charge in [0, 0.05) is 22.6 Å². The van der Waals surface area contributed by atoms with E-state index in [2.05, 4.69) is 15.7 Å². The van der Waals surface area contributed by atoms with Crippen molar-refractivity contribution in [2.75, 3.05) is 23.3 Å². The van der Waals surface area contributed by atoms with E-state index in [9.17, 15) is 9.18 Å². The van der Waals surface area contributed by atoms with Crippen molar-refractivity contribution in [2.45, 2.75) is 11.3 Å². The summed E-state index contributed by atoms with van der Waals surface area (Å²) >= 11 is 0. The predicted molar refractivity (Wildman–Crippen MR) is 123 cm³/mol. The van der Waals surface area contributed by atoms with Crippen molar-refractivity contribution in [1.82, 2.24) is 0 Å². The topological polar surface area (TPSA) is 80.6 Å². The molecule has 2 heterocycles. The van der Waals surface area contributed by atoms with Crippen molar-refractivity contribution >= 4 is 38.9 Å². The number of amides is 1. The van der Waals surface area contributed by atoms with Gasteiger partial charge >= 0.3 is 0 Å². The first-order valence-corrected chi connectivity index (χ1v) is 11.3. The Morgan fingerprint density at radius 3 is 2.61 bits per heavy atom. The Kier molecular flexibility index (Phi) is 5.03. The average Bonchev–Trinajstić information content (AvgIpc) is 3.45. The number of nitrogens with zero attached hydrogens (tertiary/aromatic N) is 1. The fourth-order valence-corrected chi connectivity index (χ4v) is 5.34. The summed E-state index contributed by atoms with van der Waals surface area (Å²) in [5, 5.41) is 3.71. The van der Waals surface area contributed by atoms with Crippen LogP contribution in [-0.2, 0) is 10.7 Å². The largest absolute Gasteiger partial charge is 0.451 e. The second-order valence-corrected chi connectivity index (χ2v) is 9.22. The van der Waals surface area contributed by atoms with Crippen LogP contribution >= 0.6 is 0 Å². The third-order valence-corrected chi connectivity index (χ3v) is 7.17. The number of benzene rings is 3. The first kappa shape index (κ1) is 19.5. The van der Waals surface area contributed by atoms with Gasteiger partial charge in [0.2, 0.25) is 0 Å². The molecule has 0 radical (unpaired) electrons. The number of nitrogens with one attached hydrogen (secondary N) is 1. The summed E-state index contributed by atoms with van der Waals surface area (Å²) in [7, 11) is -0.0624. The van der Waals surface area contributed by atoms with Crippen LogP contribution in [-0.4, -0.2) is 18.2 Å². The standard InChI is InChI=1S/C24H20FN3O2S/c25-18-5-2-15(3-6-18)16-4-8-20(26)21(13-16)28-24(29)23-14-17-12-19(7-9-22(17)30-23)31-11-1-10-27-31/h2-9,12-14H,1,10-11,26H2,(H,28,29). The summed E-state index contributed by atoms with van der Waals surface area (Å²) in [6.07, 6.45) is 1.12. The molecule has 0 bridgehead atoms. The number of anilines is 2. The van der Waals surface area contributed by atoms with E-state index in [0.29, 0.717) is 17.0 Å². The summed E-state index contributed by atoms with van der Waals surface area (Å²) in [6, 6.07) is 19.2. The third-order valence-electron chi connectivity index (χ3n) is 5.21. The number of furan rings is 1. The van der Waals surface area contributed by atoms with Gasteiger partial charge in [0.05, 0.1) is 11.4 Å². The molecule has 0 spiro atoms. The molecule has 1 amide bonds. The minimum atomic E-state index is -0.381. The van der Waals surface area contributed by atoms with Gasteiger partial charge in [-0.15, -0.1) is 0 Å². The number of carbonyl (C=O) groups is 1. The highest BCUT2D eigenvalue weighted by atomic mass is 32.2. The van der Waals surface area contributed by atoms with E-state index in [-0.39, 0.29) is 28.2 Å². The molecule has 1 atom stereocenters. The maximum absolute atomic E-state index is 13.2. The van der Waals surface area contributed by atoms with Gasteiger partial charge in [0.25, 0.3) is 5.91 Å². The van der Waals surface area contributed by atoms with Crippen molar-refractivity contribution < 1.29 is 13.6 Å². The molecule has 4 aromatic rings. The lowest BCUT2D eigenvalue weighted by Crippen LogP contribution is -2.12. The zero-order valence-corrected chi connectivity index (χ0v) is 17.4. The molecule has 5 rings (SSSR count). The van der Waals surface area contributed by atoms with Crippen LogP contribution < -0.4 is 11.1 Å². The number of nitrogens with two attached hydrogens (primary N) is 1. The summed E-state index contributed by atoms with van der Waals surface area (Å²) in [5.74, 6) is 0.613. The van der Waals surface area contributed by atoms with Crippen LogP contribution in [0.1, 0.15) is 17.0 Å². The predicted octanol–water partition coefficient (Wildman–Crippen LogP) is 5.64. The lowest BCUT2D eigenvalue weighted by Gasteiger charge is -2.10. The molecule has 1 aliphatic heterocycles. The Labute approximate surface area is 181 Å². The number of rotatable bonds is 4. The minimum absolute atomic E-state index is 0.0624. The quantitative estimate of drug-likeness (QED) is 0.409. The monoisotopic (exact) mass is 433 g/mol. The highest BCUT2D eigenvalue weighted by Crippen LogP contribution is 2.29. The molecule has 0 saturated heterocycles. The van der Waals surface area contributed by atoms with Gasteiger partial charge in [-0.25, -0.2) is 4.39 Å². The second kappa shape index (κ2) is 8.00. The Hall–Kier alpha value is -3.45. The van der Waals surface area contributed by atoms with E-state index in [0.717, 1.165) is 35.2 Å². The van der Waals surface area contributed by atoms with Crippen molar-refractivity contribution in [2.24, 2.45) is 4.36 Å². The van der Waals surface area contributed by atoms with Crippen molar-refractivity contribution in [1.29, 1.82) is 0 Å². The van der Waals surface area contributed by atoms with Gasteiger partial charge < -0.3 is 15.5 Å². The molecule has 31 heavy (non-hydrogen) atoms. The van der Waals surface area contributed by atoms with E-state index in [1.807, 2.05) is 18.2 Å². The lowest BCUT2D eigenvalue weighted by molar-refractivity contribution is 0.0999. The highest BCUT2D eigenvalue weighted by Gasteiger charge is 2.16. The zero-order valence-electron chi connectivity index (χ0n) is 16.6. The summed E-state index contributed by atoms with van der Waals surface area (Å²) < 4.78 is 23.6. The molecular weight excluding hydrogens is 413 g/mol. The van der Waals surface area contributed by atoms with Crippen molar-refractivity contribution in [3.8, 4) is 11.1 Å². The van der Waals surface area contributed by atoms with Gasteiger partial charge in [-0.1, -0.05) is 28.9 Å². The number of halogens is 1. The molecule has 156 valence electrons. The number of carbonyl (C=O) groups excluding carboxylic acids is 1. The first-order valence-electron chi connectivity index (χ1n) is 9.96. The lowest BCUT2D eigenvalue weighted by atomic mass is 10.0. The Morgan fingerprint density at radius 2 is 1.84 bits per heavy atom. The molecular formula is C24H20FN3O2S. The third kappa shape index (κ3) is 3.96. The van der Waals surface area contributed by atoms with Crippen LogP contribution in [0.3, 0.4) is 0 Å². The van der Waals surface area contributed by atoms with Gasteiger partial charge in [-0.05, 0) is 66.1 Å². The smallest absolute Gasteiger partial charge is 0.291 e. The van der Waals surface area contributed by atoms with Gasteiger partial charge in [0.15, 0.2) is 5.76 Å². The average molecular weight is 434 g/mol. The maximum Gasteiger partial charge on any atom is 0.291 e. The minimum Gasteiger partial charge on any atom is -0.451 e. The first-order chi connectivity index (χ1) is 15.1. The Balaban J connectivity index is 1.41. The van der Waals surface area contributed by atoms with Gasteiger partial charge in [0.1, 0.15) is 11.4 Å². The van der Waals surface area contributed by atoms with Crippen LogP contribution in [0.25, 0.3) is 22.1 Å². The molecule has 5 nitrogen and oxygen atoms in total. The summed E-state index contributed by atoms with van der Waals surface area (Å²) in [4.78, 5) is 14.0. The summed E-state index contributed by atoms with van der Waals surface area (Å²) in [6.45, 7) is 0.915. The van der Waals surface area contributed by atoms with E-state index in [4.69, 9.17) is 10.2 Å². The fourth-order valence-electron chi connectivity index (χ4n) is 3.58. The number of hydrogen-bond donors (Lipinski definition) is 2. The van der Waals surface area contributed by atoms with Crippen LogP contribution in [0.5, 0.6) is 0 Å². The molecule has 0 fully saturated rings. The Morgan fingerprint density at radius 1 is 1.03 bits per heavy atom. The van der Waals surface area contributed by atoms with Gasteiger partial charge in [-0.2, -0.15) is 0 Å². The highest BCUT2D eigenvalue weighted by molar-refractivity contribution is 7.87. The molecule has 1 unspecified atom stereocenters. The second-order valence-electron chi connectivity index (χ2n) is 7.35. The van der Waals surface area contributed by atoms with Crippen molar-refractivity contribution in [3.63, 3.8) is 0 Å². The number of nitrogen functional groups attached to an aromatic ring is 1. The molecule has 3 aromatic carbocycles. The van der Waals surface area contributed by atoms with E-state index in [1.54, 1.807) is 30.3 Å². The molecule has 1 aromatic heterocycles. The van der Waals surface area contributed by atoms with E-state index in [1.165, 1.54) is 17.0 Å². The molecule has 3 N–H and O–H groups in total.